The van der Waals surface area contributed by atoms with Gasteiger partial charge in [0.05, 0.1) is 18.8 Å². The van der Waals surface area contributed by atoms with Crippen LogP contribution >= 0.6 is 7.82 Å². The molecular formula is C47H71O9P. The zero-order valence-electron chi connectivity index (χ0n) is 34.6. The number of phosphoric ester groups is 1. The third kappa shape index (κ3) is 36.5. The van der Waals surface area contributed by atoms with Gasteiger partial charge in [0.15, 0.2) is 6.10 Å². The summed E-state index contributed by atoms with van der Waals surface area (Å²) in [6, 6.07) is 0. The van der Waals surface area contributed by atoms with Gasteiger partial charge in [0.2, 0.25) is 0 Å². The Hall–Kier alpha value is -3.59. The first-order valence-corrected chi connectivity index (χ1v) is 22.5. The molecule has 1 saturated heterocycles. The summed E-state index contributed by atoms with van der Waals surface area (Å²) in [6.07, 6.45) is 57.0. The van der Waals surface area contributed by atoms with Crippen LogP contribution in [0.3, 0.4) is 0 Å². The van der Waals surface area contributed by atoms with E-state index in [2.05, 4.69) is 116 Å². The molecular weight excluding hydrogens is 739 g/mol. The summed E-state index contributed by atoms with van der Waals surface area (Å²) in [4.78, 5) is 42.8. The number of phosphoric acid groups is 1. The van der Waals surface area contributed by atoms with Gasteiger partial charge in [-0.25, -0.2) is 4.57 Å². The van der Waals surface area contributed by atoms with Crippen molar-refractivity contribution >= 4 is 19.8 Å². The van der Waals surface area contributed by atoms with Crippen LogP contribution in [-0.2, 0) is 32.9 Å². The number of esters is 2. The van der Waals surface area contributed by atoms with E-state index in [0.717, 1.165) is 64.2 Å². The van der Waals surface area contributed by atoms with Crippen molar-refractivity contribution in [3.05, 3.63) is 122 Å². The van der Waals surface area contributed by atoms with Crippen LogP contribution in [-0.4, -0.2) is 53.3 Å². The highest BCUT2D eigenvalue weighted by molar-refractivity contribution is 7.46. The van der Waals surface area contributed by atoms with Gasteiger partial charge in [-0.2, -0.15) is 0 Å². The molecule has 57 heavy (non-hydrogen) atoms. The van der Waals surface area contributed by atoms with Crippen LogP contribution in [0, 0.1) is 0 Å². The summed E-state index contributed by atoms with van der Waals surface area (Å²) in [7, 11) is -4.80. The zero-order valence-corrected chi connectivity index (χ0v) is 35.5. The maximum Gasteiger partial charge on any atom is 0.469 e. The van der Waals surface area contributed by atoms with Gasteiger partial charge in [-0.1, -0.05) is 148 Å². The van der Waals surface area contributed by atoms with Crippen LogP contribution in [0.25, 0.3) is 0 Å². The maximum atomic E-state index is 12.4. The summed E-state index contributed by atoms with van der Waals surface area (Å²) in [5.74, 6) is -1.10. The molecule has 0 aromatic rings. The Morgan fingerprint density at radius 1 is 0.561 bits per heavy atom. The van der Waals surface area contributed by atoms with Crippen LogP contribution in [0.4, 0.5) is 0 Å². The number of unbranched alkanes of at least 4 members (excludes halogenated alkanes) is 3. The highest BCUT2D eigenvalue weighted by atomic mass is 31.2. The second-order valence-electron chi connectivity index (χ2n) is 13.6. The molecule has 1 heterocycles. The lowest BCUT2D eigenvalue weighted by molar-refractivity contribution is -0.161. The molecule has 9 nitrogen and oxygen atoms in total. The van der Waals surface area contributed by atoms with E-state index in [1.165, 1.54) is 25.7 Å². The summed E-state index contributed by atoms with van der Waals surface area (Å²) in [5.41, 5.74) is 0. The Labute approximate surface area is 344 Å². The van der Waals surface area contributed by atoms with Crippen LogP contribution in [0.15, 0.2) is 122 Å². The van der Waals surface area contributed by atoms with Gasteiger partial charge in [-0.3, -0.25) is 14.1 Å². The van der Waals surface area contributed by atoms with Gasteiger partial charge in [-0.15, -0.1) is 0 Å². The van der Waals surface area contributed by atoms with Crippen molar-refractivity contribution in [2.45, 2.75) is 148 Å². The quantitative estimate of drug-likeness (QED) is 0.0211. The number of rotatable bonds is 35. The summed E-state index contributed by atoms with van der Waals surface area (Å²) >= 11 is 0. The first kappa shape index (κ1) is 51.4. The largest absolute Gasteiger partial charge is 0.469 e. The highest BCUT2D eigenvalue weighted by Crippen LogP contribution is 2.36. The summed E-state index contributed by atoms with van der Waals surface area (Å²) < 4.78 is 31.9. The Balaban J connectivity index is 2.18. The van der Waals surface area contributed by atoms with Gasteiger partial charge in [-0.05, 0) is 89.9 Å². The number of hydrogen-bond donors (Lipinski definition) is 2. The van der Waals surface area contributed by atoms with Crippen LogP contribution in [0.5, 0.6) is 0 Å². The average molecular weight is 811 g/mol. The smallest absolute Gasteiger partial charge is 0.462 e. The third-order valence-corrected chi connectivity index (χ3v) is 8.88. The van der Waals surface area contributed by atoms with Crippen molar-refractivity contribution in [2.24, 2.45) is 0 Å². The Bertz CT molecular complexity index is 1390. The Morgan fingerprint density at radius 2 is 0.982 bits per heavy atom. The predicted molar refractivity (Wildman–Crippen MR) is 233 cm³/mol. The predicted octanol–water partition coefficient (Wildman–Crippen LogP) is 11.9. The molecule has 1 rings (SSSR count). The molecule has 2 unspecified atom stereocenters. The standard InChI is InChI=1S/C47H71O9P/c1-3-5-7-8-9-10-11-12-13-14-15-16-17-18-22-25-28-31-35-39-46(48)53-41-43(42-54-57(50,51)52)55-47(49)40-36-32-29-26-23-20-19-21-24-27-30-34-38-45-44(56-45)37-33-6-4-2/h6,9-10,12-13,15-16,18,20-24,28-34,43-45H,3-5,7-8,11,14,17,19,25-27,35-42H2,1-2H3,(H2,50,51,52)/b10-9-,13-12-,16-15-,22-18-,23-20-,24-21-,31-28-,32-29-,33-6-,34-30-/t43-,44?,45?/m1/s1. The molecule has 318 valence electrons. The maximum absolute atomic E-state index is 12.4. The Kier molecular flexibility index (Phi) is 33.1. The van der Waals surface area contributed by atoms with Gasteiger partial charge in [0.1, 0.15) is 6.61 Å². The van der Waals surface area contributed by atoms with Crippen LogP contribution < -0.4 is 0 Å². The Morgan fingerprint density at radius 3 is 1.44 bits per heavy atom. The first-order chi connectivity index (χ1) is 27.7. The SMILES string of the molecule is CC/C=C\CC1OC1C/C=C\C/C=C\C/C=C\C/C=C\CCC(=O)O[C@H](COC(=O)CC/C=C\C/C=C\C/C=C\C/C=C\C/C=C\CCCCC)COP(=O)(O)O. The molecule has 0 saturated carbocycles. The average Bonchev–Trinajstić information content (AvgIpc) is 3.94. The molecule has 1 fully saturated rings. The minimum Gasteiger partial charge on any atom is -0.462 e. The molecule has 2 N–H and O–H groups in total. The van der Waals surface area contributed by atoms with Crippen molar-refractivity contribution in [3.63, 3.8) is 0 Å². The van der Waals surface area contributed by atoms with Gasteiger partial charge in [0.25, 0.3) is 0 Å². The topological polar surface area (TPSA) is 132 Å². The second kappa shape index (κ2) is 36.7. The van der Waals surface area contributed by atoms with E-state index in [0.29, 0.717) is 25.0 Å². The molecule has 0 aliphatic carbocycles. The van der Waals surface area contributed by atoms with Crippen molar-refractivity contribution in [2.75, 3.05) is 13.2 Å². The van der Waals surface area contributed by atoms with Crippen molar-refractivity contribution in [1.82, 2.24) is 0 Å². The lowest BCUT2D eigenvalue weighted by Crippen LogP contribution is -2.29. The fourth-order valence-corrected chi connectivity index (χ4v) is 5.55. The number of ether oxygens (including phenoxy) is 3. The van der Waals surface area contributed by atoms with Gasteiger partial charge < -0.3 is 24.0 Å². The van der Waals surface area contributed by atoms with E-state index in [1.807, 2.05) is 24.3 Å². The number of carbonyl (C=O) groups excluding carboxylic acids is 2. The molecule has 0 bridgehead atoms. The number of hydrogen-bond acceptors (Lipinski definition) is 7. The van der Waals surface area contributed by atoms with Crippen molar-refractivity contribution in [3.8, 4) is 0 Å². The first-order valence-electron chi connectivity index (χ1n) is 21.0. The fourth-order valence-electron chi connectivity index (χ4n) is 5.19. The monoisotopic (exact) mass is 810 g/mol. The van der Waals surface area contributed by atoms with E-state index in [4.69, 9.17) is 24.0 Å². The minimum absolute atomic E-state index is 0.0600. The second-order valence-corrected chi connectivity index (χ2v) is 14.9. The highest BCUT2D eigenvalue weighted by Gasteiger charge is 2.35. The normalized spacial score (nSPS) is 17.3. The molecule has 0 aromatic heterocycles. The van der Waals surface area contributed by atoms with Crippen molar-refractivity contribution in [1.29, 1.82) is 0 Å². The number of epoxide rings is 1. The zero-order chi connectivity index (χ0) is 41.5. The molecule has 10 heteroatoms. The molecule has 0 radical (unpaired) electrons. The van der Waals surface area contributed by atoms with Crippen molar-refractivity contribution < 1.29 is 42.7 Å². The van der Waals surface area contributed by atoms with Crippen LogP contribution in [0.2, 0.25) is 0 Å². The minimum atomic E-state index is -4.80. The lowest BCUT2D eigenvalue weighted by Gasteiger charge is -2.18. The van der Waals surface area contributed by atoms with E-state index in [9.17, 15) is 14.2 Å². The van der Waals surface area contributed by atoms with E-state index >= 15 is 0 Å². The molecule has 1 aliphatic rings. The summed E-state index contributed by atoms with van der Waals surface area (Å²) in [6.45, 7) is 3.39. The van der Waals surface area contributed by atoms with E-state index in [1.54, 1.807) is 0 Å². The fraction of sp³-hybridized carbons (Fsp3) is 0.532. The number of allylic oxidation sites excluding steroid dienone is 18. The van der Waals surface area contributed by atoms with E-state index < -0.39 is 32.5 Å². The molecule has 1 aliphatic heterocycles. The lowest BCUT2D eigenvalue weighted by atomic mass is 10.1. The van der Waals surface area contributed by atoms with E-state index in [-0.39, 0.29) is 19.4 Å². The molecule has 0 aromatic carbocycles. The third-order valence-electron chi connectivity index (χ3n) is 8.39. The molecule has 0 amide bonds. The number of carbonyl (C=O) groups is 2. The van der Waals surface area contributed by atoms with Gasteiger partial charge in [0, 0.05) is 12.8 Å². The summed E-state index contributed by atoms with van der Waals surface area (Å²) in [5, 5.41) is 0. The van der Waals surface area contributed by atoms with Gasteiger partial charge >= 0.3 is 19.8 Å². The molecule has 3 atom stereocenters. The van der Waals surface area contributed by atoms with Crippen LogP contribution in [0.1, 0.15) is 129 Å². The molecule has 0 spiro atoms.